The fraction of sp³-hybridized carbons (Fsp3) is 0.483. The Morgan fingerprint density at radius 3 is 2.33 bits per heavy atom. The van der Waals surface area contributed by atoms with Crippen LogP contribution >= 0.6 is 0 Å². The predicted molar refractivity (Wildman–Crippen MR) is 144 cm³/mol. The molecule has 0 bridgehead atoms. The van der Waals surface area contributed by atoms with Crippen molar-refractivity contribution >= 4 is 11.9 Å². The van der Waals surface area contributed by atoms with Gasteiger partial charge in [-0.15, -0.1) is 4.99 Å². The molecule has 1 amide bonds. The number of benzene rings is 2. The van der Waals surface area contributed by atoms with E-state index >= 15 is 0 Å². The number of ether oxygens (including phenoxy) is 1. The van der Waals surface area contributed by atoms with Crippen LogP contribution in [-0.4, -0.2) is 49.6 Å². The molecule has 1 saturated carbocycles. The monoisotopic (exact) mass is 489 g/mol. The smallest absolute Gasteiger partial charge is 0.255 e. The summed E-state index contributed by atoms with van der Waals surface area (Å²) in [5.74, 6) is 1.13. The molecule has 0 spiro atoms. The molecule has 1 aliphatic carbocycles. The van der Waals surface area contributed by atoms with Gasteiger partial charge in [-0.2, -0.15) is 5.26 Å². The lowest BCUT2D eigenvalue weighted by Gasteiger charge is -2.42. The highest BCUT2D eigenvalue weighted by atomic mass is 16.5. The van der Waals surface area contributed by atoms with E-state index < -0.39 is 0 Å². The van der Waals surface area contributed by atoms with Gasteiger partial charge in [0.15, 0.2) is 0 Å². The molecule has 192 valence electrons. The highest BCUT2D eigenvalue weighted by Gasteiger charge is 2.38. The third-order valence-corrected chi connectivity index (χ3v) is 7.04. The molecule has 0 aliphatic heterocycles. The van der Waals surface area contributed by atoms with Gasteiger partial charge in [-0.3, -0.25) is 4.79 Å². The van der Waals surface area contributed by atoms with Crippen LogP contribution in [-0.2, 0) is 5.41 Å². The van der Waals surface area contributed by atoms with Crippen molar-refractivity contribution in [3.05, 3.63) is 65.7 Å². The molecule has 3 rings (SSSR count). The predicted octanol–water partition coefficient (Wildman–Crippen LogP) is 4.85. The number of nitrogens with one attached hydrogen (secondary N) is 2. The van der Waals surface area contributed by atoms with Crippen LogP contribution in [0, 0.1) is 11.5 Å². The standard InChI is InChI=1S/C29H39N5O2/c1-4-19-34(20-5-2)28(32-22-30)33-24-15-17-29(18-16-24,23-11-7-6-8-12-23)21-31-27(35)25-13-9-10-14-26(25)36-3/h6-14,24H,4-5,15-21H2,1-3H3,(H,31,35)(H,32,33)/t24-,29-. The maximum atomic E-state index is 13.1. The molecule has 0 radical (unpaired) electrons. The van der Waals surface area contributed by atoms with Crippen LogP contribution in [0.4, 0.5) is 0 Å². The van der Waals surface area contributed by atoms with Crippen molar-refractivity contribution in [1.29, 1.82) is 5.26 Å². The highest BCUT2D eigenvalue weighted by molar-refractivity contribution is 5.97. The van der Waals surface area contributed by atoms with E-state index in [0.717, 1.165) is 51.6 Å². The van der Waals surface area contributed by atoms with Crippen molar-refractivity contribution < 1.29 is 9.53 Å². The Balaban J connectivity index is 1.73. The number of carbonyl (C=O) groups excluding carboxylic acids is 1. The zero-order valence-electron chi connectivity index (χ0n) is 21.8. The molecule has 0 saturated heterocycles. The zero-order chi connectivity index (χ0) is 25.8. The van der Waals surface area contributed by atoms with E-state index in [0.29, 0.717) is 23.8 Å². The van der Waals surface area contributed by atoms with Crippen molar-refractivity contribution in [1.82, 2.24) is 15.5 Å². The van der Waals surface area contributed by atoms with Gasteiger partial charge in [0.2, 0.25) is 12.2 Å². The summed E-state index contributed by atoms with van der Waals surface area (Å²) in [5.41, 5.74) is 1.63. The van der Waals surface area contributed by atoms with Crippen LogP contribution < -0.4 is 15.4 Å². The Hall–Kier alpha value is -3.53. The second-order valence-corrected chi connectivity index (χ2v) is 9.47. The quantitative estimate of drug-likeness (QED) is 0.283. The van der Waals surface area contributed by atoms with Gasteiger partial charge >= 0.3 is 0 Å². The van der Waals surface area contributed by atoms with Crippen LogP contribution in [0.3, 0.4) is 0 Å². The van der Waals surface area contributed by atoms with E-state index in [1.165, 1.54) is 5.56 Å². The Kier molecular flexibility index (Phi) is 10.2. The number of rotatable bonds is 10. The summed E-state index contributed by atoms with van der Waals surface area (Å²) >= 11 is 0. The first-order chi connectivity index (χ1) is 17.6. The van der Waals surface area contributed by atoms with Crippen molar-refractivity contribution in [3.63, 3.8) is 0 Å². The number of nitriles is 1. The number of carbonyl (C=O) groups is 1. The third-order valence-electron chi connectivity index (χ3n) is 7.04. The summed E-state index contributed by atoms with van der Waals surface area (Å²) < 4.78 is 5.39. The van der Waals surface area contributed by atoms with E-state index in [-0.39, 0.29) is 17.4 Å². The lowest BCUT2D eigenvalue weighted by molar-refractivity contribution is 0.0932. The summed E-state index contributed by atoms with van der Waals surface area (Å²) in [6.45, 7) is 6.58. The largest absolute Gasteiger partial charge is 0.496 e. The highest BCUT2D eigenvalue weighted by Crippen LogP contribution is 2.39. The van der Waals surface area contributed by atoms with Gasteiger partial charge in [0, 0.05) is 31.1 Å². The number of guanidine groups is 1. The second kappa shape index (κ2) is 13.5. The summed E-state index contributed by atoms with van der Waals surface area (Å²) in [4.78, 5) is 19.4. The Morgan fingerprint density at radius 1 is 1.08 bits per heavy atom. The molecule has 2 aromatic rings. The van der Waals surface area contributed by atoms with Crippen LogP contribution in [0.25, 0.3) is 0 Å². The number of para-hydroxylation sites is 1. The van der Waals surface area contributed by atoms with E-state index in [4.69, 9.17) is 4.74 Å². The topological polar surface area (TPSA) is 89.8 Å². The summed E-state index contributed by atoms with van der Waals surface area (Å²) in [5, 5.41) is 16.1. The van der Waals surface area contributed by atoms with Crippen molar-refractivity contribution in [2.45, 2.75) is 63.8 Å². The van der Waals surface area contributed by atoms with Crippen LogP contribution in [0.2, 0.25) is 0 Å². The minimum Gasteiger partial charge on any atom is -0.496 e. The Labute approximate surface area is 215 Å². The number of amides is 1. The van der Waals surface area contributed by atoms with Gasteiger partial charge in [0.25, 0.3) is 5.91 Å². The van der Waals surface area contributed by atoms with Gasteiger partial charge in [0.1, 0.15) is 5.75 Å². The lowest BCUT2D eigenvalue weighted by Crippen LogP contribution is -2.51. The number of hydrogen-bond acceptors (Lipinski definition) is 4. The lowest BCUT2D eigenvalue weighted by atomic mass is 9.68. The third kappa shape index (κ3) is 6.78. The molecule has 0 heterocycles. The van der Waals surface area contributed by atoms with Crippen LogP contribution in [0.15, 0.2) is 59.6 Å². The maximum Gasteiger partial charge on any atom is 0.255 e. The molecule has 7 heteroatoms. The molecule has 0 atom stereocenters. The van der Waals surface area contributed by atoms with Crippen molar-refractivity contribution in [3.8, 4) is 11.9 Å². The molecular formula is C29H39N5O2. The molecule has 36 heavy (non-hydrogen) atoms. The fourth-order valence-corrected chi connectivity index (χ4v) is 5.14. The Bertz CT molecular complexity index is 1030. The minimum atomic E-state index is -0.157. The molecule has 2 aromatic carbocycles. The number of nitrogens with zero attached hydrogens (tertiary/aromatic N) is 3. The summed E-state index contributed by atoms with van der Waals surface area (Å²) in [6, 6.07) is 18.0. The minimum absolute atomic E-state index is 0.124. The molecule has 1 aliphatic rings. The van der Waals surface area contributed by atoms with E-state index in [1.807, 2.05) is 24.4 Å². The summed E-state index contributed by atoms with van der Waals surface area (Å²) in [7, 11) is 1.58. The zero-order valence-corrected chi connectivity index (χ0v) is 21.8. The summed E-state index contributed by atoms with van der Waals surface area (Å²) in [6.07, 6.45) is 7.67. The fourth-order valence-electron chi connectivity index (χ4n) is 5.14. The van der Waals surface area contributed by atoms with Gasteiger partial charge in [-0.25, -0.2) is 0 Å². The molecular weight excluding hydrogens is 450 g/mol. The number of hydrogen-bond donors (Lipinski definition) is 2. The van der Waals surface area contributed by atoms with Crippen molar-refractivity contribution in [2.75, 3.05) is 26.7 Å². The molecule has 0 unspecified atom stereocenters. The van der Waals surface area contributed by atoms with Gasteiger partial charge in [0.05, 0.1) is 12.7 Å². The molecule has 1 fully saturated rings. The number of methoxy groups -OCH3 is 1. The SMILES string of the molecule is CCCN(CCC)/C(=N/C#N)N[C@H]1CC[C@](CNC(=O)c2ccccc2OC)(c2ccccc2)CC1. The first kappa shape index (κ1) is 27.1. The molecule has 2 N–H and O–H groups in total. The van der Waals surface area contributed by atoms with Crippen LogP contribution in [0.5, 0.6) is 5.75 Å². The molecule has 0 aromatic heterocycles. The average Bonchev–Trinajstić information content (AvgIpc) is 2.92. The first-order valence-corrected chi connectivity index (χ1v) is 13.0. The Morgan fingerprint density at radius 2 is 1.72 bits per heavy atom. The van der Waals surface area contributed by atoms with E-state index in [9.17, 15) is 10.1 Å². The average molecular weight is 490 g/mol. The van der Waals surface area contributed by atoms with Crippen LogP contribution in [0.1, 0.15) is 68.3 Å². The normalized spacial score (nSPS) is 19.7. The van der Waals surface area contributed by atoms with Gasteiger partial charge in [-0.1, -0.05) is 56.3 Å². The molecule has 7 nitrogen and oxygen atoms in total. The van der Waals surface area contributed by atoms with E-state index in [2.05, 4.69) is 58.6 Å². The van der Waals surface area contributed by atoms with Gasteiger partial charge in [-0.05, 0) is 56.2 Å². The van der Waals surface area contributed by atoms with Gasteiger partial charge < -0.3 is 20.3 Å². The second-order valence-electron chi connectivity index (χ2n) is 9.47. The first-order valence-electron chi connectivity index (χ1n) is 13.0. The maximum absolute atomic E-state index is 13.1. The van der Waals surface area contributed by atoms with Crippen molar-refractivity contribution in [2.24, 2.45) is 4.99 Å². The van der Waals surface area contributed by atoms with E-state index in [1.54, 1.807) is 19.2 Å². The number of aliphatic imine (C=N–C) groups is 1.